The summed E-state index contributed by atoms with van der Waals surface area (Å²) < 4.78 is 38.8. The van der Waals surface area contributed by atoms with Crippen LogP contribution >= 0.6 is 35.6 Å². The summed E-state index contributed by atoms with van der Waals surface area (Å²) in [6.45, 7) is 7.31. The molecular formula is C19H31ClFIN4O2S. The van der Waals surface area contributed by atoms with Crippen molar-refractivity contribution in [1.29, 1.82) is 0 Å². The second-order valence-electron chi connectivity index (χ2n) is 7.65. The number of hydrogen-bond acceptors (Lipinski definition) is 3. The smallest absolute Gasteiger partial charge is 0.213 e. The molecule has 0 aromatic heterocycles. The van der Waals surface area contributed by atoms with E-state index in [9.17, 15) is 12.8 Å². The Hall–Kier alpha value is -0.650. The van der Waals surface area contributed by atoms with Crippen molar-refractivity contribution in [3.8, 4) is 0 Å². The van der Waals surface area contributed by atoms with Crippen LogP contribution in [0.4, 0.5) is 4.39 Å². The number of sulfonamides is 1. The molecule has 6 nitrogen and oxygen atoms in total. The second kappa shape index (κ2) is 11.1. The molecule has 0 radical (unpaired) electrons. The van der Waals surface area contributed by atoms with E-state index in [1.165, 1.54) is 12.1 Å². The Morgan fingerprint density at radius 1 is 1.34 bits per heavy atom. The van der Waals surface area contributed by atoms with Gasteiger partial charge in [-0.3, -0.25) is 4.99 Å². The minimum atomic E-state index is -3.13. The third-order valence-corrected chi connectivity index (χ3v) is 7.33. The van der Waals surface area contributed by atoms with Crippen molar-refractivity contribution in [3.05, 3.63) is 34.6 Å². The Morgan fingerprint density at radius 2 is 1.97 bits per heavy atom. The van der Waals surface area contributed by atoms with Crippen LogP contribution in [0.25, 0.3) is 0 Å². The Morgan fingerprint density at radius 3 is 2.48 bits per heavy atom. The maximum Gasteiger partial charge on any atom is 0.213 e. The maximum absolute atomic E-state index is 13.3. The lowest BCUT2D eigenvalue weighted by Crippen LogP contribution is -2.51. The highest BCUT2D eigenvalue weighted by molar-refractivity contribution is 14.0. The van der Waals surface area contributed by atoms with E-state index in [1.807, 2.05) is 13.8 Å². The highest BCUT2D eigenvalue weighted by Crippen LogP contribution is 2.30. The molecule has 1 aromatic carbocycles. The van der Waals surface area contributed by atoms with Gasteiger partial charge in [0.2, 0.25) is 10.0 Å². The van der Waals surface area contributed by atoms with E-state index in [1.54, 1.807) is 24.3 Å². The molecular weight excluding hydrogens is 530 g/mol. The molecule has 0 spiro atoms. The van der Waals surface area contributed by atoms with E-state index in [0.29, 0.717) is 30.6 Å². The zero-order valence-electron chi connectivity index (χ0n) is 17.3. The highest BCUT2D eigenvalue weighted by Gasteiger charge is 2.28. The minimum Gasteiger partial charge on any atom is -0.356 e. The van der Waals surface area contributed by atoms with Crippen LogP contribution < -0.4 is 10.6 Å². The maximum atomic E-state index is 13.3. The molecule has 0 amide bonds. The Kier molecular flexibility index (Phi) is 10.1. The van der Waals surface area contributed by atoms with Crippen molar-refractivity contribution in [2.24, 2.45) is 4.99 Å². The summed E-state index contributed by atoms with van der Waals surface area (Å²) in [5, 5.41) is 7.07. The zero-order chi connectivity index (χ0) is 20.9. The summed E-state index contributed by atoms with van der Waals surface area (Å²) >= 11 is 6.21. The summed E-state index contributed by atoms with van der Waals surface area (Å²) in [5.74, 6) is 0.435. The van der Waals surface area contributed by atoms with E-state index in [2.05, 4.69) is 15.6 Å². The summed E-state index contributed by atoms with van der Waals surface area (Å²) in [4.78, 5) is 4.27. The highest BCUT2D eigenvalue weighted by atomic mass is 127. The number of benzene rings is 1. The van der Waals surface area contributed by atoms with Crippen LogP contribution in [0, 0.1) is 5.82 Å². The Labute approximate surface area is 195 Å². The normalized spacial score (nSPS) is 17.0. The molecule has 1 aliphatic heterocycles. The molecule has 0 atom stereocenters. The fourth-order valence-corrected chi connectivity index (χ4v) is 4.84. The van der Waals surface area contributed by atoms with E-state index in [0.717, 1.165) is 18.4 Å². The Bertz CT molecular complexity index is 812. The Balaban J connectivity index is 0.00000420. The van der Waals surface area contributed by atoms with Crippen molar-refractivity contribution in [1.82, 2.24) is 14.9 Å². The summed E-state index contributed by atoms with van der Waals surface area (Å²) in [6, 6.07) is 4.60. The first-order chi connectivity index (χ1) is 13.1. The van der Waals surface area contributed by atoms with E-state index < -0.39 is 10.0 Å². The van der Waals surface area contributed by atoms with Gasteiger partial charge in [0, 0.05) is 43.2 Å². The standard InChI is InChI=1S/C19H30ClFN4O2S.HI/c1-5-28(26,27)25-10-8-15(9-11-25)24-18(22-4)23-13-19(2,3)16-7-6-14(21)12-17(16)20;/h6-7,12,15H,5,8-11,13H2,1-4H3,(H2,22,23,24);1H. The van der Waals surface area contributed by atoms with Gasteiger partial charge in [-0.1, -0.05) is 31.5 Å². The number of hydrogen-bond donors (Lipinski definition) is 2. The van der Waals surface area contributed by atoms with Crippen molar-refractivity contribution in [2.45, 2.75) is 45.1 Å². The molecule has 1 aromatic rings. The molecule has 0 bridgehead atoms. The van der Waals surface area contributed by atoms with Gasteiger partial charge >= 0.3 is 0 Å². The third kappa shape index (κ3) is 7.22. The van der Waals surface area contributed by atoms with Crippen molar-refractivity contribution >= 4 is 51.6 Å². The zero-order valence-corrected chi connectivity index (χ0v) is 21.2. The van der Waals surface area contributed by atoms with Crippen molar-refractivity contribution in [3.63, 3.8) is 0 Å². The largest absolute Gasteiger partial charge is 0.356 e. The van der Waals surface area contributed by atoms with Crippen molar-refractivity contribution < 1.29 is 12.8 Å². The molecule has 1 fully saturated rings. The van der Waals surface area contributed by atoms with Gasteiger partial charge in [0.15, 0.2) is 5.96 Å². The molecule has 166 valence electrons. The van der Waals surface area contributed by atoms with Crippen LogP contribution in [0.2, 0.25) is 5.02 Å². The molecule has 1 aliphatic rings. The van der Waals surface area contributed by atoms with Gasteiger partial charge in [0.05, 0.1) is 5.75 Å². The molecule has 0 saturated carbocycles. The van der Waals surface area contributed by atoms with Crippen LogP contribution in [-0.2, 0) is 15.4 Å². The molecule has 0 unspecified atom stereocenters. The van der Waals surface area contributed by atoms with Crippen LogP contribution in [0.5, 0.6) is 0 Å². The van der Waals surface area contributed by atoms with Crippen LogP contribution in [-0.4, -0.2) is 57.2 Å². The number of guanidine groups is 1. The van der Waals surface area contributed by atoms with Gasteiger partial charge in [-0.2, -0.15) is 0 Å². The lowest BCUT2D eigenvalue weighted by atomic mass is 9.84. The van der Waals surface area contributed by atoms with Crippen LogP contribution in [0.3, 0.4) is 0 Å². The van der Waals surface area contributed by atoms with E-state index >= 15 is 0 Å². The number of nitrogens with zero attached hydrogens (tertiary/aromatic N) is 2. The topological polar surface area (TPSA) is 73.8 Å². The first-order valence-electron chi connectivity index (χ1n) is 9.49. The van der Waals surface area contributed by atoms with E-state index in [4.69, 9.17) is 11.6 Å². The van der Waals surface area contributed by atoms with Crippen molar-refractivity contribution in [2.75, 3.05) is 32.4 Å². The monoisotopic (exact) mass is 560 g/mol. The number of halogens is 3. The molecule has 29 heavy (non-hydrogen) atoms. The summed E-state index contributed by atoms with van der Waals surface area (Å²) in [6.07, 6.45) is 1.46. The minimum absolute atomic E-state index is 0. The van der Waals surface area contributed by atoms with Gasteiger partial charge < -0.3 is 10.6 Å². The van der Waals surface area contributed by atoms with Gasteiger partial charge in [0.1, 0.15) is 5.82 Å². The fourth-order valence-electron chi connectivity index (χ4n) is 3.29. The molecule has 10 heteroatoms. The average Bonchev–Trinajstić information content (AvgIpc) is 2.65. The molecule has 0 aliphatic carbocycles. The summed E-state index contributed by atoms with van der Waals surface area (Å²) in [5.41, 5.74) is 0.526. The average molecular weight is 561 g/mol. The van der Waals surface area contributed by atoms with Gasteiger partial charge in [-0.05, 0) is 37.5 Å². The number of aliphatic imine (C=N–C) groups is 1. The number of piperidine rings is 1. The lowest BCUT2D eigenvalue weighted by molar-refractivity contribution is 0.306. The van der Waals surface area contributed by atoms with E-state index in [-0.39, 0.29) is 47.0 Å². The summed E-state index contributed by atoms with van der Waals surface area (Å²) in [7, 11) is -1.43. The number of rotatable bonds is 6. The van der Waals surface area contributed by atoms with Gasteiger partial charge in [-0.15, -0.1) is 24.0 Å². The third-order valence-electron chi connectivity index (χ3n) is 5.13. The number of nitrogens with one attached hydrogen (secondary N) is 2. The van der Waals surface area contributed by atoms with Gasteiger partial charge in [0.25, 0.3) is 0 Å². The molecule has 2 N–H and O–H groups in total. The fraction of sp³-hybridized carbons (Fsp3) is 0.632. The van der Waals surface area contributed by atoms with Crippen LogP contribution in [0.1, 0.15) is 39.2 Å². The SMILES string of the molecule is CCS(=O)(=O)N1CCC(NC(=NC)NCC(C)(C)c2ccc(F)cc2Cl)CC1.I. The first-order valence-corrected chi connectivity index (χ1v) is 11.5. The predicted molar refractivity (Wildman–Crippen MR) is 128 cm³/mol. The molecule has 1 saturated heterocycles. The quantitative estimate of drug-likeness (QED) is 0.318. The second-order valence-corrected chi connectivity index (χ2v) is 10.3. The predicted octanol–water partition coefficient (Wildman–Crippen LogP) is 3.35. The van der Waals surface area contributed by atoms with Gasteiger partial charge in [-0.25, -0.2) is 17.1 Å². The lowest BCUT2D eigenvalue weighted by Gasteiger charge is -2.33. The molecule has 2 rings (SSSR count). The molecule has 1 heterocycles. The first kappa shape index (κ1) is 26.4. The van der Waals surface area contributed by atoms with Crippen LogP contribution in [0.15, 0.2) is 23.2 Å².